The van der Waals surface area contributed by atoms with Crippen LogP contribution in [0.5, 0.6) is 5.75 Å². The number of carbonyl (C=O) groups is 10. The number of nitrogens with zero attached hydrogens (tertiary/aromatic N) is 3. The Hall–Kier alpha value is -8.97. The molecule has 4 aromatic carbocycles. The van der Waals surface area contributed by atoms with E-state index in [0.29, 0.717) is 105 Å². The van der Waals surface area contributed by atoms with Crippen molar-refractivity contribution in [2.45, 2.75) is 102 Å². The third kappa shape index (κ3) is 20.6. The number of phosphoric acid groups is 1. The Bertz CT molecular complexity index is 3770. The minimum atomic E-state index is -5.06. The molecule has 0 bridgehead atoms. The smallest absolute Gasteiger partial charge is 0.445 e. The first-order chi connectivity index (χ1) is 48.5. The van der Waals surface area contributed by atoms with E-state index in [2.05, 4.69) is 26.6 Å². The number of likely N-dealkylation sites (tertiary alicyclic amines) is 1. The highest BCUT2D eigenvalue weighted by molar-refractivity contribution is 7.46. The predicted molar refractivity (Wildman–Crippen MR) is 365 cm³/mol. The number of phosphoric ester groups is 1. The van der Waals surface area contributed by atoms with Gasteiger partial charge in [0.15, 0.2) is 5.78 Å². The zero-order chi connectivity index (χ0) is 72.2. The van der Waals surface area contributed by atoms with E-state index in [1.165, 1.54) is 29.2 Å². The van der Waals surface area contributed by atoms with Crippen LogP contribution in [0.15, 0.2) is 103 Å². The molecule has 5 aliphatic rings. The summed E-state index contributed by atoms with van der Waals surface area (Å²) in [4.78, 5) is 156. The molecular formula is C70H88N9O21P. The minimum absolute atomic E-state index is 0.0372. The number of fused-ring (bicyclic) bond motifs is 4. The maximum Gasteiger partial charge on any atom is 0.524 e. The van der Waals surface area contributed by atoms with Gasteiger partial charge < -0.3 is 79.8 Å². The van der Waals surface area contributed by atoms with Gasteiger partial charge in [-0.2, -0.15) is 0 Å². The standard InChI is InChI=1S/C70H88N9O21P/c1-4-46-41-78(55-38-57(100-101(90,91)92)50-10-5-6-11-51(50)64(46)55)62(84)36-49(37-63(85)79-42-47-40-70(47)53-13-8-7-12-52(53)56(80)39-58(70)79)74-69(89)99-43-45-15-17-48(18-16-45)73-66(86)54(14-9-22-72-68(71)88)75-67(87)65(44(2)3)76-59(81)21-24-93-26-28-95-30-32-97-34-35-98-33-31-96-29-27-94-25-23-77-60(82)19-20-61(77)83/h5-8,10-13,15-20,38-39,44,46-47,49,54,65H,4,9,14,21-37,40-43H2,1-3H3,(H,73,86)(H,74,89)(H,75,87)(H,76,81)(H3,71,72,88)(H2,90,91,92)/t46-,47-,49-,54-,65-,70-/m1/s1. The van der Waals surface area contributed by atoms with E-state index in [1.54, 1.807) is 79.4 Å². The van der Waals surface area contributed by atoms with Gasteiger partial charge in [-0.1, -0.05) is 81.4 Å². The topological polar surface area (TPSA) is 398 Å². The van der Waals surface area contributed by atoms with E-state index >= 15 is 0 Å². The third-order valence-corrected chi connectivity index (χ3v) is 18.4. The highest BCUT2D eigenvalue weighted by Crippen LogP contribution is 2.66. The van der Waals surface area contributed by atoms with Gasteiger partial charge >= 0.3 is 19.9 Å². The number of imide groups is 1. The van der Waals surface area contributed by atoms with Crippen molar-refractivity contribution in [3.05, 3.63) is 125 Å². The summed E-state index contributed by atoms with van der Waals surface area (Å²) in [5, 5.41) is 14.6. The summed E-state index contributed by atoms with van der Waals surface area (Å²) < 4.78 is 56.0. The second kappa shape index (κ2) is 36.1. The number of amides is 10. The number of anilines is 2. The number of urea groups is 1. The average Bonchev–Trinajstić information content (AvgIpc) is 1.51. The molecule has 3 aliphatic heterocycles. The molecule has 6 atom stereocenters. The van der Waals surface area contributed by atoms with Gasteiger partial charge in [0.1, 0.15) is 24.4 Å². The summed E-state index contributed by atoms with van der Waals surface area (Å²) in [5.74, 6) is -4.24. The normalized spacial score (nSPS) is 18.1. The summed E-state index contributed by atoms with van der Waals surface area (Å²) in [5.41, 5.74) is 8.72. The molecule has 10 amide bonds. The summed E-state index contributed by atoms with van der Waals surface area (Å²) in [7, 11) is -5.06. The molecule has 30 nitrogen and oxygen atoms in total. The van der Waals surface area contributed by atoms with Crippen LogP contribution in [0.2, 0.25) is 0 Å². The van der Waals surface area contributed by atoms with Crippen molar-refractivity contribution in [1.29, 1.82) is 0 Å². The van der Waals surface area contributed by atoms with Gasteiger partial charge in [-0.25, -0.2) is 14.2 Å². The molecule has 0 unspecified atom stereocenters. The number of carbonyl (C=O) groups excluding carboxylic acids is 10. The van der Waals surface area contributed by atoms with Gasteiger partial charge in [0.05, 0.1) is 91.5 Å². The molecule has 101 heavy (non-hydrogen) atoms. The van der Waals surface area contributed by atoms with Crippen LogP contribution in [0.25, 0.3) is 10.8 Å². The van der Waals surface area contributed by atoms with Crippen LogP contribution < -0.4 is 41.7 Å². The second-order valence-electron chi connectivity index (χ2n) is 25.2. The first-order valence-corrected chi connectivity index (χ1v) is 35.3. The highest BCUT2D eigenvalue weighted by Gasteiger charge is 2.67. The molecule has 2 fully saturated rings. The first kappa shape index (κ1) is 76.2. The van der Waals surface area contributed by atoms with E-state index in [0.717, 1.165) is 22.4 Å². The van der Waals surface area contributed by atoms with Gasteiger partial charge in [-0.15, -0.1) is 0 Å². The van der Waals surface area contributed by atoms with Crippen LogP contribution in [-0.2, 0) is 83.3 Å². The number of benzene rings is 4. The Kier molecular flexibility index (Phi) is 27.2. The van der Waals surface area contributed by atoms with Crippen LogP contribution in [0.1, 0.15) is 98.7 Å². The fourth-order valence-electron chi connectivity index (χ4n) is 12.9. The summed E-state index contributed by atoms with van der Waals surface area (Å²) >= 11 is 0. The third-order valence-electron chi connectivity index (χ3n) is 18.0. The van der Waals surface area contributed by atoms with Crippen LogP contribution in [-0.4, -0.2) is 202 Å². The Balaban J connectivity index is 0.725. The van der Waals surface area contributed by atoms with E-state index in [4.69, 9.17) is 43.4 Å². The van der Waals surface area contributed by atoms with Crippen molar-refractivity contribution >= 4 is 89.2 Å². The van der Waals surface area contributed by atoms with Crippen LogP contribution in [0.3, 0.4) is 0 Å². The molecule has 31 heteroatoms. The van der Waals surface area contributed by atoms with Crippen molar-refractivity contribution in [2.75, 3.05) is 116 Å². The van der Waals surface area contributed by atoms with Crippen molar-refractivity contribution < 1.29 is 100.0 Å². The zero-order valence-corrected chi connectivity index (χ0v) is 57.6. The van der Waals surface area contributed by atoms with Crippen molar-refractivity contribution in [2.24, 2.45) is 17.6 Å². The summed E-state index contributed by atoms with van der Waals surface area (Å²) in [6.07, 6.45) is 3.79. The highest BCUT2D eigenvalue weighted by atomic mass is 31.2. The number of alkyl carbamates (subject to hydrolysis) is 1. The van der Waals surface area contributed by atoms with Crippen LogP contribution >= 0.6 is 7.82 Å². The fraction of sp³-hybridized carbons (Fsp3) is 0.486. The van der Waals surface area contributed by atoms with Crippen molar-refractivity contribution in [1.82, 2.24) is 31.1 Å². The minimum Gasteiger partial charge on any atom is -0.445 e. The largest absolute Gasteiger partial charge is 0.524 e. The first-order valence-electron chi connectivity index (χ1n) is 33.8. The molecule has 2 aliphatic carbocycles. The molecule has 1 saturated carbocycles. The number of nitrogens with one attached hydrogen (secondary N) is 5. The number of piperidine rings is 1. The number of rotatable bonds is 41. The number of nitrogens with two attached hydrogens (primary N) is 1. The number of ketones is 1. The zero-order valence-electron chi connectivity index (χ0n) is 56.7. The lowest BCUT2D eigenvalue weighted by atomic mass is 9.81. The Morgan fingerprint density at radius 3 is 1.91 bits per heavy atom. The van der Waals surface area contributed by atoms with E-state index in [-0.39, 0.29) is 114 Å². The maximum atomic E-state index is 14.7. The number of hydrogen-bond donors (Lipinski definition) is 8. The quantitative estimate of drug-likeness (QED) is 0.0172. The number of allylic oxidation sites excluding steroid dienone is 2. The van der Waals surface area contributed by atoms with Gasteiger partial charge in [0.2, 0.25) is 29.5 Å². The maximum absolute atomic E-state index is 14.7. The molecule has 1 spiro atoms. The Morgan fingerprint density at radius 2 is 1.30 bits per heavy atom. The molecule has 4 aromatic rings. The predicted octanol–water partition coefficient (Wildman–Crippen LogP) is 4.53. The Morgan fingerprint density at radius 1 is 0.703 bits per heavy atom. The van der Waals surface area contributed by atoms with Gasteiger partial charge in [-0.3, -0.25) is 53.0 Å². The SMILES string of the molecule is CC[C@@H]1CN(C(=O)C[C@H](CC(=O)N2C[C@H]3C[C@@]34C2=CC(=O)c2ccccc24)NC(=O)OCc2ccc(NC(=O)[C@@H](CCCNC(N)=O)NC(=O)[C@H](NC(=O)CCOCCOCCOCCOCCOCCOCCN3C(=O)C=CC3=O)C(C)C)cc2)c2cc(OP(=O)(O)O)c3ccccc3c21. The molecule has 0 aromatic heterocycles. The molecule has 3 heterocycles. The van der Waals surface area contributed by atoms with Gasteiger partial charge in [-0.05, 0) is 71.7 Å². The summed E-state index contributed by atoms with van der Waals surface area (Å²) in [6.45, 7) is 9.30. The van der Waals surface area contributed by atoms with E-state index in [9.17, 15) is 62.3 Å². The molecule has 9 N–H and O–H groups in total. The number of ether oxygens (including phenoxy) is 7. The Labute approximate surface area is 583 Å². The molecule has 0 radical (unpaired) electrons. The summed E-state index contributed by atoms with van der Waals surface area (Å²) in [6, 6.07) is 17.9. The second-order valence-corrected chi connectivity index (χ2v) is 26.4. The van der Waals surface area contributed by atoms with E-state index < -0.39 is 85.4 Å². The molecular weight excluding hydrogens is 1330 g/mol. The molecule has 544 valence electrons. The van der Waals surface area contributed by atoms with Crippen LogP contribution in [0.4, 0.5) is 21.0 Å². The lowest BCUT2D eigenvalue weighted by Gasteiger charge is -2.30. The van der Waals surface area contributed by atoms with Crippen LogP contribution in [0, 0.1) is 11.8 Å². The lowest BCUT2D eigenvalue weighted by molar-refractivity contribution is -0.138. The van der Waals surface area contributed by atoms with E-state index in [1.807, 2.05) is 19.1 Å². The van der Waals surface area contributed by atoms with Crippen molar-refractivity contribution in [3.8, 4) is 5.75 Å². The average molecular weight is 1420 g/mol. The monoisotopic (exact) mass is 1420 g/mol. The van der Waals surface area contributed by atoms with Crippen molar-refractivity contribution in [3.63, 3.8) is 0 Å². The lowest BCUT2D eigenvalue weighted by Crippen LogP contribution is -2.54. The number of primary amides is 1. The number of hydrogen-bond acceptors (Lipinski definition) is 19. The fourth-order valence-corrected chi connectivity index (χ4v) is 13.3. The van der Waals surface area contributed by atoms with Gasteiger partial charge in [0.25, 0.3) is 11.8 Å². The van der Waals surface area contributed by atoms with Gasteiger partial charge in [0, 0.05) is 103 Å². The molecule has 1 saturated heterocycles. The molecule has 9 rings (SSSR count).